The Hall–Kier alpha value is -4.15. The predicted molar refractivity (Wildman–Crippen MR) is 114 cm³/mol. The van der Waals surface area contributed by atoms with Gasteiger partial charge in [0.1, 0.15) is 11.7 Å². The summed E-state index contributed by atoms with van der Waals surface area (Å²) in [6, 6.07) is 7.39. The number of anilines is 2. The molecular weight excluding hydrogens is 427 g/mol. The summed E-state index contributed by atoms with van der Waals surface area (Å²) in [4.78, 5) is 39.6. The predicted octanol–water partition coefficient (Wildman–Crippen LogP) is 3.11. The summed E-state index contributed by atoms with van der Waals surface area (Å²) in [6.07, 6.45) is 5.84. The normalized spacial score (nSPS) is 18.3. The molecule has 5 heterocycles. The van der Waals surface area contributed by atoms with Crippen molar-refractivity contribution in [2.45, 2.75) is 37.6 Å². The number of hydrogen-bond acceptors (Lipinski definition) is 7. The van der Waals surface area contributed by atoms with Gasteiger partial charge in [0.15, 0.2) is 11.6 Å². The van der Waals surface area contributed by atoms with Crippen LogP contribution in [0.1, 0.15) is 59.5 Å². The van der Waals surface area contributed by atoms with Crippen molar-refractivity contribution in [3.8, 4) is 0 Å². The van der Waals surface area contributed by atoms with Gasteiger partial charge in [-0.25, -0.2) is 9.97 Å². The second kappa shape index (κ2) is 7.47. The molecule has 1 atom stereocenters. The first kappa shape index (κ1) is 19.5. The maximum absolute atomic E-state index is 13.2. The Kier molecular flexibility index (Phi) is 4.42. The van der Waals surface area contributed by atoms with Gasteiger partial charge in [0.2, 0.25) is 17.8 Å². The minimum atomic E-state index is -0.697. The SMILES string of the molecule is O=C1CC[C@@H](c2nc(Nc3cc(C4CC4)[nH]n3)n3cccc3n2)N1C(=O)c1ccc(F)nc1. The lowest BCUT2D eigenvalue weighted by Crippen LogP contribution is -2.35. The van der Waals surface area contributed by atoms with E-state index in [1.807, 2.05) is 24.4 Å². The molecule has 33 heavy (non-hydrogen) atoms. The number of rotatable bonds is 5. The van der Waals surface area contributed by atoms with Crippen LogP contribution >= 0.6 is 0 Å². The second-order valence-electron chi connectivity index (χ2n) is 8.24. The highest BCUT2D eigenvalue weighted by molar-refractivity contribution is 6.05. The third-order valence-corrected chi connectivity index (χ3v) is 5.96. The monoisotopic (exact) mass is 446 g/mol. The van der Waals surface area contributed by atoms with Crippen molar-refractivity contribution in [2.24, 2.45) is 0 Å². The number of amides is 2. The van der Waals surface area contributed by atoms with E-state index in [9.17, 15) is 14.0 Å². The summed E-state index contributed by atoms with van der Waals surface area (Å²) in [5, 5.41) is 10.6. The van der Waals surface area contributed by atoms with Gasteiger partial charge in [-0.2, -0.15) is 14.5 Å². The van der Waals surface area contributed by atoms with E-state index in [2.05, 4.69) is 30.5 Å². The van der Waals surface area contributed by atoms with Gasteiger partial charge in [-0.3, -0.25) is 24.0 Å². The molecule has 1 saturated heterocycles. The van der Waals surface area contributed by atoms with Crippen LogP contribution in [0.2, 0.25) is 0 Å². The number of imide groups is 1. The molecule has 0 unspecified atom stereocenters. The van der Waals surface area contributed by atoms with Crippen molar-refractivity contribution in [1.29, 1.82) is 0 Å². The largest absolute Gasteiger partial charge is 0.308 e. The van der Waals surface area contributed by atoms with E-state index in [-0.39, 0.29) is 17.9 Å². The van der Waals surface area contributed by atoms with Crippen LogP contribution in [0.25, 0.3) is 5.65 Å². The van der Waals surface area contributed by atoms with Gasteiger partial charge in [-0.15, -0.1) is 0 Å². The molecule has 4 aromatic rings. The Bertz CT molecular complexity index is 1370. The molecule has 2 aliphatic rings. The average molecular weight is 446 g/mol. The van der Waals surface area contributed by atoms with Crippen molar-refractivity contribution in [2.75, 3.05) is 5.32 Å². The van der Waals surface area contributed by atoms with E-state index in [1.165, 1.54) is 6.07 Å². The molecule has 1 aliphatic carbocycles. The van der Waals surface area contributed by atoms with Crippen LogP contribution in [0.3, 0.4) is 0 Å². The van der Waals surface area contributed by atoms with Crippen LogP contribution < -0.4 is 5.32 Å². The zero-order chi connectivity index (χ0) is 22.5. The average Bonchev–Trinajstić information content (AvgIpc) is 3.19. The number of carbonyl (C=O) groups excluding carboxylic acids is 2. The topological polar surface area (TPSA) is 121 Å². The first-order chi connectivity index (χ1) is 16.1. The van der Waals surface area contributed by atoms with Crippen molar-refractivity contribution < 1.29 is 14.0 Å². The number of H-pyrrole nitrogens is 1. The summed E-state index contributed by atoms with van der Waals surface area (Å²) < 4.78 is 15.0. The zero-order valence-electron chi connectivity index (χ0n) is 17.4. The summed E-state index contributed by atoms with van der Waals surface area (Å²) in [5.41, 5.74) is 1.83. The molecule has 2 fully saturated rings. The number of halogens is 1. The number of fused-ring (bicyclic) bond motifs is 1. The van der Waals surface area contributed by atoms with Gasteiger partial charge in [0.25, 0.3) is 5.91 Å². The minimum absolute atomic E-state index is 0.128. The third kappa shape index (κ3) is 3.51. The smallest absolute Gasteiger partial charge is 0.262 e. The Morgan fingerprint density at radius 1 is 1.18 bits per heavy atom. The fourth-order valence-corrected chi connectivity index (χ4v) is 4.13. The van der Waals surface area contributed by atoms with Gasteiger partial charge in [0.05, 0.1) is 5.56 Å². The quantitative estimate of drug-likeness (QED) is 0.357. The number of hydrogen-bond donors (Lipinski definition) is 2. The summed E-state index contributed by atoms with van der Waals surface area (Å²) in [5.74, 6) is 0.403. The fourth-order valence-electron chi connectivity index (χ4n) is 4.13. The van der Waals surface area contributed by atoms with Gasteiger partial charge in [-0.05, 0) is 43.5 Å². The van der Waals surface area contributed by atoms with E-state index in [0.717, 1.165) is 35.7 Å². The molecular formula is C22H19FN8O2. The van der Waals surface area contributed by atoms with Gasteiger partial charge in [-0.1, -0.05) is 0 Å². The van der Waals surface area contributed by atoms with Crippen LogP contribution in [0, 0.1) is 5.95 Å². The molecule has 11 heteroatoms. The van der Waals surface area contributed by atoms with Crippen LogP contribution in [0.5, 0.6) is 0 Å². The van der Waals surface area contributed by atoms with Crippen molar-refractivity contribution in [3.05, 3.63) is 65.8 Å². The second-order valence-corrected chi connectivity index (χ2v) is 8.24. The van der Waals surface area contributed by atoms with Crippen LogP contribution in [0.4, 0.5) is 16.2 Å². The number of likely N-dealkylation sites (tertiary alicyclic amines) is 1. The lowest BCUT2D eigenvalue weighted by Gasteiger charge is -2.22. The number of aromatic nitrogens is 6. The Balaban J connectivity index is 1.35. The molecule has 1 saturated carbocycles. The first-order valence-corrected chi connectivity index (χ1v) is 10.7. The van der Waals surface area contributed by atoms with Gasteiger partial charge < -0.3 is 5.32 Å². The van der Waals surface area contributed by atoms with Crippen molar-refractivity contribution in [3.63, 3.8) is 0 Å². The van der Waals surface area contributed by atoms with E-state index < -0.39 is 17.9 Å². The number of nitrogens with one attached hydrogen (secondary N) is 2. The number of pyridine rings is 1. The molecule has 0 spiro atoms. The Morgan fingerprint density at radius 3 is 2.85 bits per heavy atom. The Labute approximate surface area is 186 Å². The van der Waals surface area contributed by atoms with E-state index >= 15 is 0 Å². The molecule has 0 aromatic carbocycles. The summed E-state index contributed by atoms with van der Waals surface area (Å²) >= 11 is 0. The highest BCUT2D eigenvalue weighted by Gasteiger charge is 2.39. The molecule has 0 radical (unpaired) electrons. The van der Waals surface area contributed by atoms with E-state index in [0.29, 0.717) is 35.6 Å². The van der Waals surface area contributed by atoms with Crippen LogP contribution in [-0.2, 0) is 4.79 Å². The molecule has 2 N–H and O–H groups in total. The highest BCUT2D eigenvalue weighted by atomic mass is 19.1. The number of nitrogens with zero attached hydrogens (tertiary/aromatic N) is 6. The first-order valence-electron chi connectivity index (χ1n) is 10.7. The Morgan fingerprint density at radius 2 is 2.06 bits per heavy atom. The maximum Gasteiger partial charge on any atom is 0.262 e. The number of aromatic amines is 1. The zero-order valence-corrected chi connectivity index (χ0v) is 17.4. The molecule has 1 aliphatic heterocycles. The summed E-state index contributed by atoms with van der Waals surface area (Å²) in [7, 11) is 0. The number of carbonyl (C=O) groups is 2. The van der Waals surface area contributed by atoms with Gasteiger partial charge >= 0.3 is 0 Å². The lowest BCUT2D eigenvalue weighted by molar-refractivity contribution is -0.126. The van der Waals surface area contributed by atoms with E-state index in [4.69, 9.17) is 0 Å². The minimum Gasteiger partial charge on any atom is -0.308 e. The third-order valence-electron chi connectivity index (χ3n) is 5.96. The standard InChI is InChI=1S/C22H19FN8O2/c23-16-7-5-13(11-24-16)21(33)31-15(6-8-19(31)32)20-26-18-2-1-9-30(18)22(27-20)25-17-10-14(28-29-17)12-3-4-12/h1-2,5,7,9-12,15H,3-4,6,8H2,(H2,25,26,27,28,29)/t15-/m0/s1. The maximum atomic E-state index is 13.2. The van der Waals surface area contributed by atoms with Gasteiger partial charge in [0, 0.05) is 36.5 Å². The molecule has 6 rings (SSSR count). The van der Waals surface area contributed by atoms with E-state index in [1.54, 1.807) is 4.40 Å². The molecule has 166 valence electrons. The van der Waals surface area contributed by atoms with Crippen molar-refractivity contribution in [1.82, 2.24) is 34.4 Å². The molecule has 10 nitrogen and oxygen atoms in total. The molecule has 0 bridgehead atoms. The molecule has 4 aromatic heterocycles. The van der Waals surface area contributed by atoms with Crippen molar-refractivity contribution >= 4 is 29.2 Å². The fraction of sp³-hybridized carbons (Fsp3) is 0.273. The van der Waals surface area contributed by atoms with Crippen LogP contribution in [0.15, 0.2) is 42.7 Å². The lowest BCUT2D eigenvalue weighted by atomic mass is 10.2. The molecule has 2 amide bonds. The van der Waals surface area contributed by atoms with Crippen LogP contribution in [-0.4, -0.2) is 46.3 Å². The highest BCUT2D eigenvalue weighted by Crippen LogP contribution is 2.40. The summed E-state index contributed by atoms with van der Waals surface area (Å²) in [6.45, 7) is 0.